The second kappa shape index (κ2) is 12.8. The molecule has 2 heterocycles. The summed E-state index contributed by atoms with van der Waals surface area (Å²) >= 11 is 0. The predicted octanol–water partition coefficient (Wildman–Crippen LogP) is 15.8. The molecule has 0 aliphatic carbocycles. The van der Waals surface area contributed by atoms with Crippen molar-refractivity contribution < 1.29 is 0 Å². The first-order chi connectivity index (χ1) is 29.8. The highest BCUT2D eigenvalue weighted by Gasteiger charge is 2.21. The van der Waals surface area contributed by atoms with Crippen molar-refractivity contribution in [2.75, 3.05) is 0 Å². The minimum Gasteiger partial charge on any atom is -0.309 e. The number of fused-ring (bicyclic) bond motifs is 16. The van der Waals surface area contributed by atoms with Gasteiger partial charge in [-0.2, -0.15) is 0 Å². The molecular weight excluding hydrogens is 725 g/mol. The van der Waals surface area contributed by atoms with E-state index < -0.39 is 0 Å². The van der Waals surface area contributed by atoms with Gasteiger partial charge in [0.2, 0.25) is 0 Å². The highest BCUT2D eigenvalue weighted by molar-refractivity contribution is 6.33. The number of nitrogens with zero attached hydrogens (tertiary/aromatic N) is 2. The van der Waals surface area contributed by atoms with Crippen LogP contribution in [0.3, 0.4) is 0 Å². The van der Waals surface area contributed by atoms with Crippen molar-refractivity contribution in [2.24, 2.45) is 0 Å². The van der Waals surface area contributed by atoms with Crippen molar-refractivity contribution in [2.45, 2.75) is 0 Å². The summed E-state index contributed by atoms with van der Waals surface area (Å²) in [6.07, 6.45) is 0. The zero-order valence-electron chi connectivity index (χ0n) is 32.7. The summed E-state index contributed by atoms with van der Waals surface area (Å²) in [6.45, 7) is 0. The lowest BCUT2D eigenvalue weighted by Crippen LogP contribution is -1.94. The van der Waals surface area contributed by atoms with Gasteiger partial charge < -0.3 is 9.13 Å². The molecule has 0 aliphatic rings. The van der Waals surface area contributed by atoms with Crippen LogP contribution in [0.25, 0.3) is 120 Å². The van der Waals surface area contributed by atoms with Crippen LogP contribution in [0, 0.1) is 0 Å². The van der Waals surface area contributed by atoms with Crippen molar-refractivity contribution in [3.8, 4) is 33.6 Å². The maximum atomic E-state index is 2.46. The maximum Gasteiger partial charge on any atom is 0.0625 e. The first-order valence-corrected chi connectivity index (χ1v) is 20.8. The van der Waals surface area contributed by atoms with Gasteiger partial charge in [0, 0.05) is 43.7 Å². The van der Waals surface area contributed by atoms with Crippen molar-refractivity contribution in [3.05, 3.63) is 218 Å². The SMILES string of the molecule is c1ccc(-n2c3ccc(-c4ccc(-c5ccc6c(c5)c5c7ccccc7c7ccccc7c5n6-c5ccccc5)cc4)cc3c3c4ccccc4c4ccccc4c32)cc1. The second-order valence-corrected chi connectivity index (χ2v) is 16.0. The van der Waals surface area contributed by atoms with E-state index in [1.54, 1.807) is 0 Å². The van der Waals surface area contributed by atoms with Crippen molar-refractivity contribution in [1.29, 1.82) is 0 Å². The van der Waals surface area contributed by atoms with Gasteiger partial charge in [-0.05, 0) is 103 Å². The third-order valence-corrected chi connectivity index (χ3v) is 12.9. The molecule has 60 heavy (non-hydrogen) atoms. The maximum absolute atomic E-state index is 2.46. The minimum atomic E-state index is 1.17. The monoisotopic (exact) mass is 760 g/mol. The third kappa shape index (κ3) is 4.70. The van der Waals surface area contributed by atoms with Crippen LogP contribution >= 0.6 is 0 Å². The molecule has 0 radical (unpaired) electrons. The average molecular weight is 761 g/mol. The van der Waals surface area contributed by atoms with Gasteiger partial charge in [0.25, 0.3) is 0 Å². The minimum absolute atomic E-state index is 1.17. The lowest BCUT2D eigenvalue weighted by Gasteiger charge is -2.12. The molecule has 13 aromatic rings. The summed E-state index contributed by atoms with van der Waals surface area (Å²) < 4.78 is 4.92. The summed E-state index contributed by atoms with van der Waals surface area (Å²) in [5.41, 5.74) is 12.1. The predicted molar refractivity (Wildman–Crippen MR) is 256 cm³/mol. The molecule has 13 rings (SSSR count). The molecule has 2 nitrogen and oxygen atoms in total. The molecule has 0 aliphatic heterocycles. The van der Waals surface area contributed by atoms with Gasteiger partial charge in [0.1, 0.15) is 0 Å². The Kier molecular flexibility index (Phi) is 7.05. The molecule has 2 aromatic heterocycles. The topological polar surface area (TPSA) is 9.86 Å². The standard InChI is InChI=1S/C58H36N2/c1-3-15-41(16-4-1)59-53-33-31-39(35-51(53)55-47-23-11-7-19-43(47)45-21-9-13-25-49(45)57(55)59)37-27-29-38(30-28-37)40-32-34-54-52(36-40)56-48-24-12-8-20-44(48)46-22-10-14-26-50(46)58(56)60(54)42-17-5-2-6-18-42/h1-36H. The number of benzene rings is 11. The Morgan fingerprint density at radius 3 is 0.900 bits per heavy atom. The molecule has 0 spiro atoms. The molecule has 2 heteroatoms. The van der Waals surface area contributed by atoms with Crippen molar-refractivity contribution in [1.82, 2.24) is 9.13 Å². The van der Waals surface area contributed by atoms with Crippen LogP contribution in [-0.2, 0) is 0 Å². The molecule has 0 saturated carbocycles. The number of aromatic nitrogens is 2. The highest BCUT2D eigenvalue weighted by atomic mass is 15.0. The Balaban J connectivity index is 1.000. The van der Waals surface area contributed by atoms with Crippen LogP contribution in [0.15, 0.2) is 218 Å². The van der Waals surface area contributed by atoms with E-state index in [9.17, 15) is 0 Å². The molecular formula is C58H36N2. The lowest BCUT2D eigenvalue weighted by atomic mass is 9.94. The molecule has 0 atom stereocenters. The molecule has 0 unspecified atom stereocenters. The van der Waals surface area contributed by atoms with E-state index >= 15 is 0 Å². The molecule has 0 bridgehead atoms. The van der Waals surface area contributed by atoms with Crippen LogP contribution in [0.2, 0.25) is 0 Å². The number of rotatable bonds is 4. The molecule has 0 fully saturated rings. The number of hydrogen-bond donors (Lipinski definition) is 0. The molecule has 0 saturated heterocycles. The highest BCUT2D eigenvalue weighted by Crippen LogP contribution is 2.45. The number of hydrogen-bond acceptors (Lipinski definition) is 0. The molecule has 0 N–H and O–H groups in total. The Bertz CT molecular complexity index is 3600. The van der Waals surface area contributed by atoms with E-state index in [2.05, 4.69) is 228 Å². The van der Waals surface area contributed by atoms with E-state index in [1.165, 1.54) is 120 Å². The van der Waals surface area contributed by atoms with E-state index in [4.69, 9.17) is 0 Å². The van der Waals surface area contributed by atoms with E-state index in [1.807, 2.05) is 0 Å². The quantitative estimate of drug-likeness (QED) is 0.158. The summed E-state index contributed by atoms with van der Waals surface area (Å²) in [5, 5.41) is 15.3. The van der Waals surface area contributed by atoms with Gasteiger partial charge in [-0.1, -0.05) is 170 Å². The van der Waals surface area contributed by atoms with Gasteiger partial charge >= 0.3 is 0 Å². The summed E-state index contributed by atoms with van der Waals surface area (Å²) in [5.74, 6) is 0. The van der Waals surface area contributed by atoms with Gasteiger partial charge in [0.15, 0.2) is 0 Å². The van der Waals surface area contributed by atoms with E-state index in [-0.39, 0.29) is 0 Å². The normalized spacial score (nSPS) is 12.0. The van der Waals surface area contributed by atoms with Crippen molar-refractivity contribution in [3.63, 3.8) is 0 Å². The van der Waals surface area contributed by atoms with Crippen LogP contribution < -0.4 is 0 Å². The van der Waals surface area contributed by atoms with Gasteiger partial charge in [-0.15, -0.1) is 0 Å². The number of para-hydroxylation sites is 2. The fraction of sp³-hybridized carbons (Fsp3) is 0. The first-order valence-electron chi connectivity index (χ1n) is 20.8. The van der Waals surface area contributed by atoms with Crippen LogP contribution in [0.5, 0.6) is 0 Å². The average Bonchev–Trinajstić information content (AvgIpc) is 3.86. The Hall–Kier alpha value is -7.94. The molecule has 0 amide bonds. The van der Waals surface area contributed by atoms with Gasteiger partial charge in [-0.3, -0.25) is 0 Å². The summed E-state index contributed by atoms with van der Waals surface area (Å²) in [7, 11) is 0. The summed E-state index contributed by atoms with van der Waals surface area (Å²) in [4.78, 5) is 0. The Labute approximate surface area is 346 Å². The Morgan fingerprint density at radius 1 is 0.217 bits per heavy atom. The van der Waals surface area contributed by atoms with Crippen LogP contribution in [-0.4, -0.2) is 9.13 Å². The van der Waals surface area contributed by atoms with E-state index in [0.29, 0.717) is 0 Å². The molecule has 278 valence electrons. The zero-order chi connectivity index (χ0) is 39.3. The fourth-order valence-electron chi connectivity index (χ4n) is 10.3. The van der Waals surface area contributed by atoms with Gasteiger partial charge in [0.05, 0.1) is 22.1 Å². The Morgan fingerprint density at radius 2 is 0.517 bits per heavy atom. The van der Waals surface area contributed by atoms with E-state index in [0.717, 1.165) is 0 Å². The summed E-state index contributed by atoms with van der Waals surface area (Å²) in [6, 6.07) is 80.3. The van der Waals surface area contributed by atoms with Crippen molar-refractivity contribution >= 4 is 86.7 Å². The largest absolute Gasteiger partial charge is 0.309 e. The molecule has 11 aromatic carbocycles. The van der Waals surface area contributed by atoms with Crippen LogP contribution in [0.1, 0.15) is 0 Å². The lowest BCUT2D eigenvalue weighted by molar-refractivity contribution is 1.19. The smallest absolute Gasteiger partial charge is 0.0625 e. The second-order valence-electron chi connectivity index (χ2n) is 16.0. The van der Waals surface area contributed by atoms with Crippen LogP contribution in [0.4, 0.5) is 0 Å². The first kappa shape index (κ1) is 33.1. The fourth-order valence-corrected chi connectivity index (χ4v) is 10.3. The third-order valence-electron chi connectivity index (χ3n) is 12.9. The zero-order valence-corrected chi connectivity index (χ0v) is 32.7. The van der Waals surface area contributed by atoms with Gasteiger partial charge in [-0.25, -0.2) is 0 Å².